The van der Waals surface area contributed by atoms with Gasteiger partial charge in [-0.3, -0.25) is 4.79 Å². The molecule has 4 fully saturated rings. The number of furan rings is 1. The third-order valence-corrected chi connectivity index (χ3v) is 10.1. The molecule has 0 radical (unpaired) electrons. The van der Waals surface area contributed by atoms with Crippen molar-refractivity contribution in [3.63, 3.8) is 0 Å². The smallest absolute Gasteiger partial charge is 0.144 e. The van der Waals surface area contributed by atoms with Crippen molar-refractivity contribution in [1.82, 2.24) is 0 Å². The van der Waals surface area contributed by atoms with E-state index in [9.17, 15) is 9.90 Å². The number of hydrogen-bond acceptors (Lipinski definition) is 3. The SMILES string of the molecule is CC[C@@]1(O)CC[C@H]2[C@H](CC[C@@H]3[C@@H]2CC[C@]2(C)[C@@H](C(=O)Cc4ccco4)CC[C@@H]32)C1. The van der Waals surface area contributed by atoms with Crippen LogP contribution in [0.1, 0.15) is 83.8 Å². The van der Waals surface area contributed by atoms with E-state index in [-0.39, 0.29) is 11.3 Å². The molecule has 4 aliphatic carbocycles. The van der Waals surface area contributed by atoms with Crippen molar-refractivity contribution >= 4 is 5.78 Å². The molecule has 0 saturated heterocycles. The van der Waals surface area contributed by atoms with Crippen LogP contribution in [0.3, 0.4) is 0 Å². The number of aliphatic hydroxyl groups is 1. The number of hydrogen-bond donors (Lipinski definition) is 1. The average Bonchev–Trinajstić information content (AvgIpc) is 3.34. The van der Waals surface area contributed by atoms with Crippen LogP contribution in [0.2, 0.25) is 0 Å². The van der Waals surface area contributed by atoms with E-state index in [0.717, 1.165) is 61.0 Å². The van der Waals surface area contributed by atoms with Gasteiger partial charge >= 0.3 is 0 Å². The average molecular weight is 399 g/mol. The summed E-state index contributed by atoms with van der Waals surface area (Å²) in [6.07, 6.45) is 13.8. The molecule has 160 valence electrons. The second-order valence-electron chi connectivity index (χ2n) is 11.2. The Hall–Kier alpha value is -1.09. The zero-order valence-electron chi connectivity index (χ0n) is 18.2. The van der Waals surface area contributed by atoms with Gasteiger partial charge in [0.1, 0.15) is 11.5 Å². The first-order valence-electron chi connectivity index (χ1n) is 12.2. The third kappa shape index (κ3) is 3.23. The number of rotatable bonds is 4. The van der Waals surface area contributed by atoms with Gasteiger partial charge in [-0.2, -0.15) is 0 Å². The molecule has 0 spiro atoms. The highest BCUT2D eigenvalue weighted by Crippen LogP contribution is 2.64. The lowest BCUT2D eigenvalue weighted by Crippen LogP contribution is -2.51. The van der Waals surface area contributed by atoms with Gasteiger partial charge in [-0.15, -0.1) is 0 Å². The van der Waals surface area contributed by atoms with Crippen molar-refractivity contribution < 1.29 is 14.3 Å². The Balaban J connectivity index is 1.31. The minimum absolute atomic E-state index is 0.191. The van der Waals surface area contributed by atoms with E-state index in [0.29, 0.717) is 12.2 Å². The monoisotopic (exact) mass is 398 g/mol. The summed E-state index contributed by atoms with van der Waals surface area (Å²) < 4.78 is 5.46. The van der Waals surface area contributed by atoms with Crippen LogP contribution in [-0.2, 0) is 11.2 Å². The summed E-state index contributed by atoms with van der Waals surface area (Å²) in [6.45, 7) is 4.59. The van der Waals surface area contributed by atoms with Gasteiger partial charge in [-0.1, -0.05) is 13.8 Å². The summed E-state index contributed by atoms with van der Waals surface area (Å²) in [5.74, 6) is 5.37. The molecule has 1 aromatic heterocycles. The molecule has 0 aromatic carbocycles. The Morgan fingerprint density at radius 1 is 1.10 bits per heavy atom. The Bertz CT molecular complexity index is 739. The Kier molecular flexibility index (Phi) is 4.96. The van der Waals surface area contributed by atoms with E-state index < -0.39 is 5.60 Å². The summed E-state index contributed by atoms with van der Waals surface area (Å²) in [5.41, 5.74) is -0.204. The summed E-state index contributed by atoms with van der Waals surface area (Å²) in [6, 6.07) is 3.82. The Morgan fingerprint density at radius 3 is 2.69 bits per heavy atom. The van der Waals surface area contributed by atoms with Crippen LogP contribution in [-0.4, -0.2) is 16.5 Å². The van der Waals surface area contributed by atoms with E-state index in [2.05, 4.69) is 13.8 Å². The molecule has 4 saturated carbocycles. The van der Waals surface area contributed by atoms with Crippen LogP contribution in [0, 0.1) is 40.9 Å². The molecule has 3 nitrogen and oxygen atoms in total. The zero-order chi connectivity index (χ0) is 20.2. The lowest BCUT2D eigenvalue weighted by atomic mass is 9.48. The van der Waals surface area contributed by atoms with Gasteiger partial charge in [-0.05, 0) is 111 Å². The molecule has 8 atom stereocenters. The van der Waals surface area contributed by atoms with E-state index in [1.165, 1.54) is 38.5 Å². The number of ketones is 1. The highest BCUT2D eigenvalue weighted by molar-refractivity contribution is 5.84. The van der Waals surface area contributed by atoms with E-state index in [4.69, 9.17) is 4.42 Å². The molecule has 5 rings (SSSR count). The fourth-order valence-electron chi connectivity index (χ4n) is 8.52. The minimum atomic E-state index is -0.395. The van der Waals surface area contributed by atoms with Crippen LogP contribution >= 0.6 is 0 Å². The highest BCUT2D eigenvalue weighted by Gasteiger charge is 2.58. The fourth-order valence-corrected chi connectivity index (χ4v) is 8.52. The predicted molar refractivity (Wildman–Crippen MR) is 113 cm³/mol. The van der Waals surface area contributed by atoms with Crippen LogP contribution in [0.15, 0.2) is 22.8 Å². The molecule has 3 heteroatoms. The normalized spacial score (nSPS) is 46.6. The first-order valence-corrected chi connectivity index (χ1v) is 12.2. The van der Waals surface area contributed by atoms with Gasteiger partial charge in [0.15, 0.2) is 0 Å². The second-order valence-corrected chi connectivity index (χ2v) is 11.2. The van der Waals surface area contributed by atoms with Gasteiger partial charge in [0.25, 0.3) is 0 Å². The molecule has 1 N–H and O–H groups in total. The lowest BCUT2D eigenvalue weighted by molar-refractivity contribution is -0.132. The molecule has 0 aliphatic heterocycles. The maximum Gasteiger partial charge on any atom is 0.144 e. The van der Waals surface area contributed by atoms with Crippen LogP contribution in [0.25, 0.3) is 0 Å². The van der Waals surface area contributed by atoms with Crippen LogP contribution in [0.5, 0.6) is 0 Å². The van der Waals surface area contributed by atoms with Gasteiger partial charge in [0.2, 0.25) is 0 Å². The van der Waals surface area contributed by atoms with Gasteiger partial charge in [0, 0.05) is 5.92 Å². The molecule has 4 aliphatic rings. The fraction of sp³-hybridized carbons (Fsp3) is 0.808. The quantitative estimate of drug-likeness (QED) is 0.697. The summed E-state index contributed by atoms with van der Waals surface area (Å²) >= 11 is 0. The molecule has 0 bridgehead atoms. The molecular weight excluding hydrogens is 360 g/mol. The molecule has 0 amide bonds. The van der Waals surface area contributed by atoms with E-state index >= 15 is 0 Å². The lowest BCUT2D eigenvalue weighted by Gasteiger charge is -2.57. The van der Waals surface area contributed by atoms with Gasteiger partial charge < -0.3 is 9.52 Å². The van der Waals surface area contributed by atoms with E-state index in [1.54, 1.807) is 6.26 Å². The molecule has 0 unspecified atom stereocenters. The van der Waals surface area contributed by atoms with Gasteiger partial charge in [0.05, 0.1) is 18.3 Å². The molecule has 1 aromatic rings. The number of Topliss-reactive ketones (excluding diaryl/α,β-unsaturated/α-hetero) is 1. The number of carbonyl (C=O) groups excluding carboxylic acids is 1. The highest BCUT2D eigenvalue weighted by atomic mass is 16.3. The Morgan fingerprint density at radius 2 is 1.93 bits per heavy atom. The third-order valence-electron chi connectivity index (χ3n) is 10.1. The van der Waals surface area contributed by atoms with E-state index in [1.807, 2.05) is 12.1 Å². The predicted octanol–water partition coefficient (Wildman–Crippen LogP) is 5.80. The summed E-state index contributed by atoms with van der Waals surface area (Å²) in [5, 5.41) is 10.9. The number of carbonyl (C=O) groups is 1. The topological polar surface area (TPSA) is 50.4 Å². The Labute approximate surface area is 175 Å². The van der Waals surface area contributed by atoms with Crippen molar-refractivity contribution in [2.24, 2.45) is 40.9 Å². The summed E-state index contributed by atoms with van der Waals surface area (Å²) in [7, 11) is 0. The molecular formula is C26H38O3. The zero-order valence-corrected chi connectivity index (χ0v) is 18.2. The van der Waals surface area contributed by atoms with Crippen molar-refractivity contribution in [2.45, 2.75) is 90.1 Å². The van der Waals surface area contributed by atoms with Crippen LogP contribution in [0.4, 0.5) is 0 Å². The van der Waals surface area contributed by atoms with Crippen molar-refractivity contribution in [3.8, 4) is 0 Å². The first-order chi connectivity index (χ1) is 13.9. The minimum Gasteiger partial charge on any atom is -0.469 e. The maximum atomic E-state index is 13.2. The summed E-state index contributed by atoms with van der Waals surface area (Å²) in [4.78, 5) is 13.2. The largest absolute Gasteiger partial charge is 0.469 e. The van der Waals surface area contributed by atoms with Crippen molar-refractivity contribution in [2.75, 3.05) is 0 Å². The maximum absolute atomic E-state index is 13.2. The standard InChI is InChI=1S/C26H38O3/c1-3-26(28)13-11-19-17(16-26)6-7-21-20(19)10-12-25(2)22(21)8-9-23(25)24(27)15-18-5-4-14-29-18/h4-5,14,17,19-23,28H,3,6-13,15-16H2,1-2H3/t17-,19+,20-,21-,22+,23-,25+,26-/m1/s1. The molecule has 29 heavy (non-hydrogen) atoms. The second kappa shape index (κ2) is 7.25. The van der Waals surface area contributed by atoms with Crippen molar-refractivity contribution in [3.05, 3.63) is 24.2 Å². The van der Waals surface area contributed by atoms with Crippen molar-refractivity contribution in [1.29, 1.82) is 0 Å². The number of fused-ring (bicyclic) bond motifs is 5. The van der Waals surface area contributed by atoms with Gasteiger partial charge in [-0.25, -0.2) is 0 Å². The first kappa shape index (κ1) is 19.8. The van der Waals surface area contributed by atoms with Crippen LogP contribution < -0.4 is 0 Å². The molecule has 1 heterocycles.